The van der Waals surface area contributed by atoms with E-state index in [-0.39, 0.29) is 5.78 Å². The molecular formula is C16H14BrN3O2S2. The van der Waals surface area contributed by atoms with Crippen molar-refractivity contribution in [1.29, 1.82) is 5.41 Å². The molecular weight excluding hydrogens is 410 g/mol. The van der Waals surface area contributed by atoms with E-state index in [1.165, 1.54) is 23.1 Å². The third-order valence-electron chi connectivity index (χ3n) is 3.49. The van der Waals surface area contributed by atoms with Gasteiger partial charge in [0.15, 0.2) is 5.78 Å². The predicted octanol–water partition coefficient (Wildman–Crippen LogP) is 4.29. The maximum atomic E-state index is 12.7. The Hall–Kier alpha value is -1.51. The lowest BCUT2D eigenvalue weighted by Crippen LogP contribution is -2.11. The molecule has 0 amide bonds. The number of ketones is 1. The molecule has 2 heterocycles. The molecule has 1 atom stereocenters. The van der Waals surface area contributed by atoms with Crippen LogP contribution in [0.1, 0.15) is 28.4 Å². The summed E-state index contributed by atoms with van der Waals surface area (Å²) >= 11 is 6.03. The molecule has 0 saturated carbocycles. The normalized spacial score (nSPS) is 19.3. The van der Waals surface area contributed by atoms with Gasteiger partial charge in [0.2, 0.25) is 0 Å². The van der Waals surface area contributed by atoms with Gasteiger partial charge in [-0.25, -0.2) is 0 Å². The molecule has 1 N–H and O–H groups in total. The summed E-state index contributed by atoms with van der Waals surface area (Å²) in [6.45, 7) is 1.99. The molecule has 0 unspecified atom stereocenters. The molecule has 1 fully saturated rings. The summed E-state index contributed by atoms with van der Waals surface area (Å²) in [7, 11) is 1.60. The fourth-order valence-electron chi connectivity index (χ4n) is 2.26. The van der Waals surface area contributed by atoms with Crippen molar-refractivity contribution in [2.24, 2.45) is 0 Å². The highest BCUT2D eigenvalue weighted by Crippen LogP contribution is 2.41. The molecule has 1 aromatic heterocycles. The molecule has 1 aliphatic heterocycles. The Morgan fingerprint density at radius 1 is 1.42 bits per heavy atom. The number of carbonyl (C=O) groups excluding carboxylic acids is 1. The lowest BCUT2D eigenvalue weighted by Gasteiger charge is -2.04. The van der Waals surface area contributed by atoms with Crippen molar-refractivity contribution in [2.75, 3.05) is 7.11 Å². The Balaban J connectivity index is 1.89. The number of rotatable bonds is 4. The zero-order valence-corrected chi connectivity index (χ0v) is 16.2. The molecule has 124 valence electrons. The Morgan fingerprint density at radius 2 is 2.21 bits per heavy atom. The van der Waals surface area contributed by atoms with E-state index in [2.05, 4.69) is 26.1 Å². The number of carbonyl (C=O) groups is 1. The maximum absolute atomic E-state index is 12.7. The number of halogens is 1. The van der Waals surface area contributed by atoms with Crippen LogP contribution in [0.3, 0.4) is 0 Å². The summed E-state index contributed by atoms with van der Waals surface area (Å²) in [5.41, 5.74) is 0.874. The quantitative estimate of drug-likeness (QED) is 0.742. The average molecular weight is 424 g/mol. The largest absolute Gasteiger partial charge is 0.496 e. The molecule has 2 aromatic rings. The van der Waals surface area contributed by atoms with E-state index >= 15 is 0 Å². The molecule has 3 rings (SSSR count). The molecule has 1 aliphatic rings. The van der Waals surface area contributed by atoms with E-state index < -0.39 is 5.92 Å². The first-order chi connectivity index (χ1) is 11.5. The number of benzene rings is 1. The Bertz CT molecular complexity index is 848. The van der Waals surface area contributed by atoms with Crippen LogP contribution in [-0.2, 0) is 11.2 Å². The number of aromatic nitrogens is 2. The number of allylic oxidation sites excluding steroid dienone is 1. The third kappa shape index (κ3) is 3.31. The second kappa shape index (κ2) is 7.16. The minimum absolute atomic E-state index is 0.0873. The van der Waals surface area contributed by atoms with E-state index in [4.69, 9.17) is 10.1 Å². The highest BCUT2D eigenvalue weighted by molar-refractivity contribution is 9.10. The second-order valence-corrected chi connectivity index (χ2v) is 8.09. The van der Waals surface area contributed by atoms with Gasteiger partial charge in [0.25, 0.3) is 0 Å². The van der Waals surface area contributed by atoms with Crippen molar-refractivity contribution >= 4 is 55.9 Å². The van der Waals surface area contributed by atoms with Crippen LogP contribution in [-0.4, -0.2) is 28.1 Å². The third-order valence-corrected chi connectivity index (χ3v) is 6.24. The first-order valence-electron chi connectivity index (χ1n) is 7.21. The van der Waals surface area contributed by atoms with Gasteiger partial charge in [-0.2, -0.15) is 0 Å². The summed E-state index contributed by atoms with van der Waals surface area (Å²) in [5.74, 6) is 0.0330. The van der Waals surface area contributed by atoms with Gasteiger partial charge in [-0.3, -0.25) is 10.2 Å². The zero-order chi connectivity index (χ0) is 17.3. The molecule has 5 nitrogen and oxygen atoms in total. The van der Waals surface area contributed by atoms with Crippen LogP contribution in [0, 0.1) is 5.41 Å². The van der Waals surface area contributed by atoms with Crippen molar-refractivity contribution in [2.45, 2.75) is 19.3 Å². The standard InChI is InChI=1S/C16H14BrN3O2S2/c1-3-12-19-20-16(24-12)13-14(21)11(23-15(13)18)7-8-4-5-10(22-2)9(17)6-8/h4-7,13,18H,3H2,1-2H3/b11-7-,18-15?/t13-/m0/s1. The molecule has 1 aromatic carbocycles. The highest BCUT2D eigenvalue weighted by atomic mass is 79.9. The molecule has 8 heteroatoms. The maximum Gasteiger partial charge on any atom is 0.186 e. The van der Waals surface area contributed by atoms with Gasteiger partial charge in [-0.1, -0.05) is 24.8 Å². The van der Waals surface area contributed by atoms with Crippen LogP contribution in [0.4, 0.5) is 0 Å². The fraction of sp³-hybridized carbons (Fsp3) is 0.250. The van der Waals surface area contributed by atoms with Crippen molar-refractivity contribution in [3.05, 3.63) is 43.2 Å². The van der Waals surface area contributed by atoms with Crippen LogP contribution in [0.25, 0.3) is 6.08 Å². The Labute approximate surface area is 156 Å². The Kier molecular flexibility index (Phi) is 5.17. The minimum Gasteiger partial charge on any atom is -0.496 e. The number of ether oxygens (including phenoxy) is 1. The van der Waals surface area contributed by atoms with Crippen molar-refractivity contribution in [1.82, 2.24) is 10.2 Å². The first kappa shape index (κ1) is 17.3. The van der Waals surface area contributed by atoms with E-state index in [1.54, 1.807) is 13.2 Å². The van der Waals surface area contributed by atoms with Gasteiger partial charge in [0.1, 0.15) is 21.7 Å². The number of nitrogens with one attached hydrogen (secondary N) is 1. The number of nitrogens with zero attached hydrogens (tertiary/aromatic N) is 2. The van der Waals surface area contributed by atoms with Crippen molar-refractivity contribution < 1.29 is 9.53 Å². The number of thioether (sulfide) groups is 1. The summed E-state index contributed by atoms with van der Waals surface area (Å²) in [6, 6.07) is 5.60. The van der Waals surface area contributed by atoms with Crippen LogP contribution >= 0.6 is 39.0 Å². The summed E-state index contributed by atoms with van der Waals surface area (Å²) in [6.07, 6.45) is 2.58. The highest BCUT2D eigenvalue weighted by Gasteiger charge is 2.39. The number of Topliss-reactive ketones (excluding diaryl/α,β-unsaturated/α-hetero) is 1. The van der Waals surface area contributed by atoms with Crippen LogP contribution in [0.5, 0.6) is 5.75 Å². The molecule has 1 saturated heterocycles. The fourth-order valence-corrected chi connectivity index (χ4v) is 4.78. The van der Waals surface area contributed by atoms with Gasteiger partial charge >= 0.3 is 0 Å². The van der Waals surface area contributed by atoms with E-state index in [9.17, 15) is 4.79 Å². The smallest absolute Gasteiger partial charge is 0.186 e. The summed E-state index contributed by atoms with van der Waals surface area (Å²) < 4.78 is 6.03. The predicted molar refractivity (Wildman–Crippen MR) is 101 cm³/mol. The van der Waals surface area contributed by atoms with Gasteiger partial charge in [0.05, 0.1) is 21.5 Å². The molecule has 0 aliphatic carbocycles. The van der Waals surface area contributed by atoms with Gasteiger partial charge in [-0.05, 0) is 46.1 Å². The molecule has 24 heavy (non-hydrogen) atoms. The van der Waals surface area contributed by atoms with Gasteiger partial charge in [0, 0.05) is 0 Å². The first-order valence-corrected chi connectivity index (χ1v) is 9.64. The van der Waals surface area contributed by atoms with E-state index in [1.807, 2.05) is 25.1 Å². The summed E-state index contributed by atoms with van der Waals surface area (Å²) in [5, 5.41) is 18.1. The molecule has 0 spiro atoms. The second-order valence-electron chi connectivity index (χ2n) is 5.05. The van der Waals surface area contributed by atoms with Crippen LogP contribution in [0.2, 0.25) is 0 Å². The molecule has 0 bridgehead atoms. The lowest BCUT2D eigenvalue weighted by atomic mass is 10.1. The number of aryl methyl sites for hydroxylation is 1. The monoisotopic (exact) mass is 423 g/mol. The van der Waals surface area contributed by atoms with Gasteiger partial charge < -0.3 is 4.74 Å². The SMILES string of the molecule is CCc1nnc([C@@H]2C(=N)S/C(=C\c3ccc(OC)c(Br)c3)C2=O)s1. The number of hydrogen-bond acceptors (Lipinski definition) is 7. The Morgan fingerprint density at radius 3 is 2.83 bits per heavy atom. The zero-order valence-electron chi connectivity index (χ0n) is 13.0. The number of methoxy groups -OCH3 is 1. The minimum atomic E-state index is -0.610. The summed E-state index contributed by atoms with van der Waals surface area (Å²) in [4.78, 5) is 13.3. The van der Waals surface area contributed by atoms with E-state index in [0.717, 1.165) is 27.2 Å². The molecule has 0 radical (unpaired) electrons. The van der Waals surface area contributed by atoms with Crippen LogP contribution in [0.15, 0.2) is 27.6 Å². The number of hydrogen-bond donors (Lipinski definition) is 1. The topological polar surface area (TPSA) is 75.9 Å². The average Bonchev–Trinajstić information content (AvgIpc) is 3.12. The van der Waals surface area contributed by atoms with E-state index in [0.29, 0.717) is 15.0 Å². The van der Waals surface area contributed by atoms with Gasteiger partial charge in [-0.15, -0.1) is 21.5 Å². The lowest BCUT2D eigenvalue weighted by molar-refractivity contribution is -0.114. The van der Waals surface area contributed by atoms with Crippen LogP contribution < -0.4 is 4.74 Å². The van der Waals surface area contributed by atoms with Crippen molar-refractivity contribution in [3.63, 3.8) is 0 Å². The van der Waals surface area contributed by atoms with Crippen molar-refractivity contribution in [3.8, 4) is 5.75 Å².